The minimum Gasteiger partial charge on any atom is -0.398 e. The van der Waals surface area contributed by atoms with Crippen LogP contribution in [0.25, 0.3) is 0 Å². The van der Waals surface area contributed by atoms with Crippen molar-refractivity contribution < 1.29 is 14.3 Å². The molecule has 0 spiro atoms. The zero-order chi connectivity index (χ0) is 26.9. The van der Waals surface area contributed by atoms with Gasteiger partial charge in [0.05, 0.1) is 24.9 Å². The lowest BCUT2D eigenvalue weighted by Crippen LogP contribution is -2.57. The quantitative estimate of drug-likeness (QED) is 0.464. The number of hydrogen-bond acceptors (Lipinski definition) is 6. The van der Waals surface area contributed by atoms with E-state index in [0.29, 0.717) is 44.0 Å². The number of amides is 2. The molecule has 2 atom stereocenters. The Morgan fingerprint density at radius 3 is 2.50 bits per heavy atom. The van der Waals surface area contributed by atoms with Crippen LogP contribution in [0.4, 0.5) is 5.69 Å². The summed E-state index contributed by atoms with van der Waals surface area (Å²) in [6, 6.07) is 16.0. The summed E-state index contributed by atoms with van der Waals surface area (Å²) in [5.74, 6) is -0.224. The van der Waals surface area contributed by atoms with Crippen LogP contribution in [0.1, 0.15) is 61.0 Å². The molecule has 2 aliphatic heterocycles. The van der Waals surface area contributed by atoms with E-state index in [-0.39, 0.29) is 23.9 Å². The molecule has 2 saturated heterocycles. The van der Waals surface area contributed by atoms with Crippen LogP contribution >= 0.6 is 0 Å². The third-order valence-electron chi connectivity index (χ3n) is 7.65. The van der Waals surface area contributed by atoms with Gasteiger partial charge in [0.1, 0.15) is 0 Å². The molecule has 0 aromatic heterocycles. The second kappa shape index (κ2) is 13.7. The van der Waals surface area contributed by atoms with Gasteiger partial charge in [-0.1, -0.05) is 49.7 Å². The minimum atomic E-state index is -0.270. The van der Waals surface area contributed by atoms with Crippen molar-refractivity contribution in [3.63, 3.8) is 0 Å². The summed E-state index contributed by atoms with van der Waals surface area (Å²) >= 11 is 0. The van der Waals surface area contributed by atoms with E-state index in [1.165, 1.54) is 5.56 Å². The number of ether oxygens (including phenoxy) is 1. The fourth-order valence-electron chi connectivity index (χ4n) is 5.48. The number of unbranched alkanes of at least 4 members (excludes halogenated alkanes) is 1. The first-order valence-corrected chi connectivity index (χ1v) is 14.1. The molecule has 8 heteroatoms. The Hall–Kier alpha value is -2.94. The number of likely N-dealkylation sites (tertiary alicyclic amines) is 1. The molecule has 2 amide bonds. The number of nitrogens with one attached hydrogen (secondary N) is 1. The number of anilines is 1. The average Bonchev–Trinajstić information content (AvgIpc) is 2.94. The number of hydrazine groups is 1. The van der Waals surface area contributed by atoms with Crippen LogP contribution in [0.3, 0.4) is 0 Å². The molecular weight excluding hydrogens is 478 g/mol. The Labute approximate surface area is 227 Å². The molecule has 206 valence electrons. The summed E-state index contributed by atoms with van der Waals surface area (Å²) < 4.78 is 5.49. The highest BCUT2D eigenvalue weighted by Crippen LogP contribution is 2.27. The maximum absolute atomic E-state index is 13.7. The van der Waals surface area contributed by atoms with Crippen molar-refractivity contribution in [3.05, 3.63) is 65.2 Å². The number of carbonyl (C=O) groups excluding carboxylic acids is 2. The van der Waals surface area contributed by atoms with Gasteiger partial charge in [-0.2, -0.15) is 0 Å². The maximum atomic E-state index is 13.7. The van der Waals surface area contributed by atoms with Gasteiger partial charge >= 0.3 is 0 Å². The topological polar surface area (TPSA) is 91.1 Å². The number of aryl methyl sites for hydroxylation is 1. The monoisotopic (exact) mass is 521 g/mol. The SMILES string of the molecule is CCCCc1ccc(C(=O)NC2CC(C(=O)N(CC)N3CCOCC3)CCN2Cc2ccccc2)c(N)c1. The molecule has 2 unspecified atom stereocenters. The first-order valence-electron chi connectivity index (χ1n) is 14.1. The smallest absolute Gasteiger partial charge is 0.254 e. The third-order valence-corrected chi connectivity index (χ3v) is 7.65. The van der Waals surface area contributed by atoms with Crippen molar-refractivity contribution in [3.8, 4) is 0 Å². The van der Waals surface area contributed by atoms with Crippen LogP contribution in [0.5, 0.6) is 0 Å². The fourth-order valence-corrected chi connectivity index (χ4v) is 5.48. The summed E-state index contributed by atoms with van der Waals surface area (Å²) in [5.41, 5.74) is 9.64. The first kappa shape index (κ1) is 28.1. The Bertz CT molecular complexity index is 1060. The van der Waals surface area contributed by atoms with E-state index in [9.17, 15) is 9.59 Å². The van der Waals surface area contributed by atoms with Gasteiger partial charge in [-0.3, -0.25) is 19.5 Å². The summed E-state index contributed by atoms with van der Waals surface area (Å²) in [6.45, 7) is 8.95. The highest BCUT2D eigenvalue weighted by molar-refractivity contribution is 5.99. The number of nitrogens with two attached hydrogens (primary N) is 1. The van der Waals surface area contributed by atoms with E-state index in [0.717, 1.165) is 50.9 Å². The van der Waals surface area contributed by atoms with E-state index < -0.39 is 0 Å². The molecule has 3 N–H and O–H groups in total. The van der Waals surface area contributed by atoms with Gasteiger partial charge < -0.3 is 15.8 Å². The Balaban J connectivity index is 1.50. The maximum Gasteiger partial charge on any atom is 0.254 e. The number of morpholine rings is 1. The second-order valence-corrected chi connectivity index (χ2v) is 10.3. The lowest BCUT2D eigenvalue weighted by molar-refractivity contribution is -0.163. The van der Waals surface area contributed by atoms with Crippen molar-refractivity contribution in [2.45, 2.75) is 58.7 Å². The summed E-state index contributed by atoms with van der Waals surface area (Å²) in [4.78, 5) is 29.4. The highest BCUT2D eigenvalue weighted by atomic mass is 16.5. The van der Waals surface area contributed by atoms with Crippen molar-refractivity contribution in [2.24, 2.45) is 5.92 Å². The summed E-state index contributed by atoms with van der Waals surface area (Å²) in [6.07, 6.45) is 4.21. The van der Waals surface area contributed by atoms with E-state index in [4.69, 9.17) is 10.5 Å². The Morgan fingerprint density at radius 1 is 1.05 bits per heavy atom. The number of piperidine rings is 1. The van der Waals surface area contributed by atoms with E-state index in [2.05, 4.69) is 34.3 Å². The zero-order valence-electron chi connectivity index (χ0n) is 22.9. The first-order chi connectivity index (χ1) is 18.5. The van der Waals surface area contributed by atoms with Crippen LogP contribution in [0.15, 0.2) is 48.5 Å². The van der Waals surface area contributed by atoms with Crippen molar-refractivity contribution in [2.75, 3.05) is 45.1 Å². The summed E-state index contributed by atoms with van der Waals surface area (Å²) in [7, 11) is 0. The molecule has 38 heavy (non-hydrogen) atoms. The number of carbonyl (C=O) groups is 2. The molecule has 0 radical (unpaired) electrons. The lowest BCUT2D eigenvalue weighted by Gasteiger charge is -2.43. The van der Waals surface area contributed by atoms with E-state index >= 15 is 0 Å². The van der Waals surface area contributed by atoms with E-state index in [1.54, 1.807) is 0 Å². The fraction of sp³-hybridized carbons (Fsp3) is 0.533. The van der Waals surface area contributed by atoms with Gasteiger partial charge in [0.15, 0.2) is 0 Å². The number of hydrogen-bond donors (Lipinski definition) is 2. The number of rotatable bonds is 10. The van der Waals surface area contributed by atoms with Gasteiger partial charge in [0.2, 0.25) is 5.91 Å². The largest absolute Gasteiger partial charge is 0.398 e. The molecule has 2 aliphatic rings. The molecular formula is C30H43N5O3. The van der Waals surface area contributed by atoms with Crippen LogP contribution in [-0.2, 0) is 22.5 Å². The van der Waals surface area contributed by atoms with Gasteiger partial charge in [-0.25, -0.2) is 5.01 Å². The standard InChI is InChI=1S/C30H43N5O3/c1-3-5-9-23-12-13-26(27(31)20-23)29(36)32-28-21-25(14-15-33(28)22-24-10-7-6-8-11-24)30(37)35(4-2)34-16-18-38-19-17-34/h6-8,10-13,20,25,28H,3-5,9,14-19,21-22,31H2,1-2H3,(H,32,36). The minimum absolute atomic E-state index is 0.132. The average molecular weight is 522 g/mol. The van der Waals surface area contributed by atoms with Crippen molar-refractivity contribution in [1.29, 1.82) is 0 Å². The van der Waals surface area contributed by atoms with Gasteiger partial charge in [0.25, 0.3) is 5.91 Å². The zero-order valence-corrected chi connectivity index (χ0v) is 22.9. The molecule has 2 aromatic rings. The molecule has 4 rings (SSSR count). The third kappa shape index (κ3) is 7.12. The van der Waals surface area contributed by atoms with Crippen LogP contribution < -0.4 is 11.1 Å². The normalized spacial score (nSPS) is 20.7. The second-order valence-electron chi connectivity index (χ2n) is 10.3. The predicted molar refractivity (Wildman–Crippen MR) is 150 cm³/mol. The summed E-state index contributed by atoms with van der Waals surface area (Å²) in [5, 5.41) is 7.22. The molecule has 2 aromatic carbocycles. The van der Waals surface area contributed by atoms with Gasteiger partial charge in [-0.05, 0) is 55.9 Å². The predicted octanol–water partition coefficient (Wildman–Crippen LogP) is 3.68. The molecule has 0 aliphatic carbocycles. The van der Waals surface area contributed by atoms with Gasteiger partial charge in [-0.15, -0.1) is 0 Å². The molecule has 2 fully saturated rings. The van der Waals surface area contributed by atoms with E-state index in [1.807, 2.05) is 48.3 Å². The van der Waals surface area contributed by atoms with Crippen LogP contribution in [-0.4, -0.2) is 72.3 Å². The van der Waals surface area contributed by atoms with Crippen LogP contribution in [0.2, 0.25) is 0 Å². The number of nitrogen functional groups attached to an aromatic ring is 1. The Morgan fingerprint density at radius 2 is 1.82 bits per heavy atom. The molecule has 0 saturated carbocycles. The molecule has 0 bridgehead atoms. The Kier molecular flexibility index (Phi) is 10.1. The lowest BCUT2D eigenvalue weighted by atomic mass is 9.92. The molecule has 8 nitrogen and oxygen atoms in total. The van der Waals surface area contributed by atoms with Gasteiger partial charge in [0, 0.05) is 44.3 Å². The molecule has 2 heterocycles. The van der Waals surface area contributed by atoms with Crippen LogP contribution in [0, 0.1) is 5.92 Å². The number of benzene rings is 2. The van der Waals surface area contributed by atoms with Crippen molar-refractivity contribution in [1.82, 2.24) is 20.2 Å². The van der Waals surface area contributed by atoms with Crippen molar-refractivity contribution >= 4 is 17.5 Å². The number of nitrogens with zero attached hydrogens (tertiary/aromatic N) is 3. The highest BCUT2D eigenvalue weighted by Gasteiger charge is 2.36.